The molecule has 0 saturated carbocycles. The molecule has 2 aromatic carbocycles. The van der Waals surface area contributed by atoms with Gasteiger partial charge in [-0.15, -0.1) is 0 Å². The molecule has 0 heterocycles. The zero-order chi connectivity index (χ0) is 21.3. The Kier molecular flexibility index (Phi) is 6.69. The van der Waals surface area contributed by atoms with Gasteiger partial charge in [0.25, 0.3) is 0 Å². The minimum atomic E-state index is -5.14. The molecule has 0 saturated heterocycles. The summed E-state index contributed by atoms with van der Waals surface area (Å²) in [4.78, 5) is 11.5. The van der Waals surface area contributed by atoms with Crippen molar-refractivity contribution in [3.8, 4) is 0 Å². The lowest BCUT2D eigenvalue weighted by Crippen LogP contribution is -2.31. The molecular formula is C20H20Cl2F3NO2. The predicted octanol–water partition coefficient (Wildman–Crippen LogP) is 6.14. The van der Waals surface area contributed by atoms with Crippen molar-refractivity contribution < 1.29 is 22.7 Å². The summed E-state index contributed by atoms with van der Waals surface area (Å²) in [5.74, 6) is -2.31. The second-order valence-corrected chi connectivity index (χ2v) is 8.21. The van der Waals surface area contributed by atoms with Gasteiger partial charge in [0, 0.05) is 0 Å². The Morgan fingerprint density at radius 2 is 1.50 bits per heavy atom. The number of hydrogen-bond acceptors (Lipinski definition) is 3. The summed E-state index contributed by atoms with van der Waals surface area (Å²) in [7, 11) is 0. The summed E-state index contributed by atoms with van der Waals surface area (Å²) in [6, 6.07) is 10.1. The SMILES string of the molecule is CC(C)(C)c1ccc(C(OC(=O)C(F)(F)F)C(N)c2ccc(Cl)c(Cl)c2)cc1. The lowest BCUT2D eigenvalue weighted by atomic mass is 9.85. The molecule has 0 radical (unpaired) electrons. The lowest BCUT2D eigenvalue weighted by molar-refractivity contribution is -0.206. The van der Waals surface area contributed by atoms with Crippen molar-refractivity contribution >= 4 is 29.2 Å². The molecule has 0 aliphatic rings. The van der Waals surface area contributed by atoms with E-state index in [1.54, 1.807) is 24.3 Å². The molecule has 0 aliphatic carbocycles. The third-order valence-corrected chi connectivity index (χ3v) is 4.96. The number of rotatable bonds is 4. The van der Waals surface area contributed by atoms with Crippen LogP contribution in [0.15, 0.2) is 42.5 Å². The Hall–Kier alpha value is -1.76. The van der Waals surface area contributed by atoms with E-state index in [2.05, 4.69) is 0 Å². The molecule has 0 aliphatic heterocycles. The summed E-state index contributed by atoms with van der Waals surface area (Å²) in [5, 5.41) is 0.467. The summed E-state index contributed by atoms with van der Waals surface area (Å²) in [5.41, 5.74) is 7.70. The number of esters is 1. The predicted molar refractivity (Wildman–Crippen MR) is 103 cm³/mol. The molecule has 2 rings (SSSR count). The van der Waals surface area contributed by atoms with Gasteiger partial charge in [-0.25, -0.2) is 4.79 Å². The minimum absolute atomic E-state index is 0.150. The number of hydrogen-bond donors (Lipinski definition) is 1. The van der Waals surface area contributed by atoms with E-state index in [4.69, 9.17) is 33.7 Å². The van der Waals surface area contributed by atoms with Gasteiger partial charge in [0.05, 0.1) is 16.1 Å². The zero-order valence-electron chi connectivity index (χ0n) is 15.5. The number of halogens is 5. The topological polar surface area (TPSA) is 52.3 Å². The van der Waals surface area contributed by atoms with E-state index in [0.717, 1.165) is 5.56 Å². The normalized spacial score (nSPS) is 14.5. The fourth-order valence-corrected chi connectivity index (χ4v) is 2.90. The highest BCUT2D eigenvalue weighted by atomic mass is 35.5. The maximum absolute atomic E-state index is 12.8. The quantitative estimate of drug-likeness (QED) is 0.589. The van der Waals surface area contributed by atoms with Crippen molar-refractivity contribution in [1.82, 2.24) is 0 Å². The maximum atomic E-state index is 12.8. The van der Waals surface area contributed by atoms with Gasteiger partial charge >= 0.3 is 12.1 Å². The van der Waals surface area contributed by atoms with Crippen LogP contribution in [0.3, 0.4) is 0 Å². The first-order valence-corrected chi connectivity index (χ1v) is 9.15. The Balaban J connectivity index is 2.44. The molecule has 2 unspecified atom stereocenters. The van der Waals surface area contributed by atoms with Crippen LogP contribution in [-0.4, -0.2) is 12.1 Å². The summed E-state index contributed by atoms with van der Waals surface area (Å²) >= 11 is 11.9. The maximum Gasteiger partial charge on any atom is 0.490 e. The van der Waals surface area contributed by atoms with Crippen LogP contribution >= 0.6 is 23.2 Å². The number of alkyl halides is 3. The number of benzene rings is 2. The molecule has 3 nitrogen and oxygen atoms in total. The average molecular weight is 434 g/mol. The van der Waals surface area contributed by atoms with Crippen molar-refractivity contribution in [2.45, 2.75) is 44.5 Å². The van der Waals surface area contributed by atoms with Crippen LogP contribution in [0.2, 0.25) is 10.0 Å². The van der Waals surface area contributed by atoms with Gasteiger partial charge in [0.15, 0.2) is 0 Å². The molecule has 0 amide bonds. The highest BCUT2D eigenvalue weighted by Crippen LogP contribution is 2.36. The van der Waals surface area contributed by atoms with Crippen LogP contribution in [0.4, 0.5) is 13.2 Å². The second-order valence-electron chi connectivity index (χ2n) is 7.40. The minimum Gasteiger partial charge on any atom is -0.449 e. The standard InChI is InChI=1S/C20H20Cl2F3NO2/c1-19(2,3)13-7-4-11(5-8-13)17(28-18(27)20(23,24)25)16(26)12-6-9-14(21)15(22)10-12/h4-10,16-17H,26H2,1-3H3. The summed E-state index contributed by atoms with van der Waals surface area (Å²) in [6.07, 6.45) is -6.50. The molecule has 2 atom stereocenters. The number of carbonyl (C=O) groups is 1. The largest absolute Gasteiger partial charge is 0.490 e. The highest BCUT2D eigenvalue weighted by Gasteiger charge is 2.43. The smallest absolute Gasteiger partial charge is 0.449 e. The van der Waals surface area contributed by atoms with E-state index in [1.807, 2.05) is 20.8 Å². The second kappa shape index (κ2) is 8.31. The van der Waals surface area contributed by atoms with E-state index in [-0.39, 0.29) is 15.5 Å². The van der Waals surface area contributed by atoms with Crippen molar-refractivity contribution in [3.63, 3.8) is 0 Å². The van der Waals surface area contributed by atoms with Crippen LogP contribution in [-0.2, 0) is 14.9 Å². The molecule has 0 bridgehead atoms. The number of nitrogens with two attached hydrogens (primary N) is 1. The van der Waals surface area contributed by atoms with E-state index in [1.165, 1.54) is 18.2 Å². The van der Waals surface area contributed by atoms with Crippen LogP contribution < -0.4 is 5.73 Å². The van der Waals surface area contributed by atoms with E-state index in [9.17, 15) is 18.0 Å². The van der Waals surface area contributed by atoms with Gasteiger partial charge in [-0.2, -0.15) is 13.2 Å². The van der Waals surface area contributed by atoms with Gasteiger partial charge < -0.3 is 10.5 Å². The van der Waals surface area contributed by atoms with Gasteiger partial charge in [0.1, 0.15) is 6.10 Å². The zero-order valence-corrected chi connectivity index (χ0v) is 17.0. The molecule has 152 valence electrons. The summed E-state index contributed by atoms with van der Waals surface area (Å²) < 4.78 is 43.1. The van der Waals surface area contributed by atoms with Crippen molar-refractivity contribution in [2.24, 2.45) is 5.73 Å². The third-order valence-electron chi connectivity index (χ3n) is 4.23. The van der Waals surface area contributed by atoms with Gasteiger partial charge in [-0.05, 0) is 34.2 Å². The Labute approximate surface area is 171 Å². The molecule has 2 aromatic rings. The first kappa shape index (κ1) is 22.5. The van der Waals surface area contributed by atoms with Crippen LogP contribution in [0.25, 0.3) is 0 Å². The molecule has 8 heteroatoms. The molecule has 0 aromatic heterocycles. The van der Waals surface area contributed by atoms with Crippen LogP contribution in [0, 0.1) is 0 Å². The first-order valence-electron chi connectivity index (χ1n) is 8.39. The summed E-state index contributed by atoms with van der Waals surface area (Å²) in [6.45, 7) is 6.01. The fraction of sp³-hybridized carbons (Fsp3) is 0.350. The van der Waals surface area contributed by atoms with Gasteiger partial charge in [0.2, 0.25) is 0 Å². The van der Waals surface area contributed by atoms with Crippen LogP contribution in [0.1, 0.15) is 49.6 Å². The van der Waals surface area contributed by atoms with Crippen molar-refractivity contribution in [3.05, 3.63) is 69.2 Å². The molecular weight excluding hydrogens is 414 g/mol. The number of carbonyl (C=O) groups excluding carboxylic acids is 1. The lowest BCUT2D eigenvalue weighted by Gasteiger charge is -2.26. The molecule has 28 heavy (non-hydrogen) atoms. The van der Waals surface area contributed by atoms with Crippen LogP contribution in [0.5, 0.6) is 0 Å². The van der Waals surface area contributed by atoms with Crippen molar-refractivity contribution in [1.29, 1.82) is 0 Å². The third kappa shape index (κ3) is 5.40. The number of ether oxygens (including phenoxy) is 1. The Morgan fingerprint density at radius 3 is 1.96 bits per heavy atom. The molecule has 2 N–H and O–H groups in total. The molecule has 0 spiro atoms. The van der Waals surface area contributed by atoms with E-state index in [0.29, 0.717) is 11.1 Å². The highest BCUT2D eigenvalue weighted by molar-refractivity contribution is 6.42. The fourth-order valence-electron chi connectivity index (χ4n) is 2.60. The Bertz CT molecular complexity index is 846. The first-order chi connectivity index (χ1) is 12.8. The van der Waals surface area contributed by atoms with Crippen molar-refractivity contribution in [2.75, 3.05) is 0 Å². The van der Waals surface area contributed by atoms with E-state index < -0.39 is 24.3 Å². The van der Waals surface area contributed by atoms with Gasteiger partial charge in [-0.1, -0.05) is 74.3 Å². The van der Waals surface area contributed by atoms with Gasteiger partial charge in [-0.3, -0.25) is 0 Å². The van der Waals surface area contributed by atoms with E-state index >= 15 is 0 Å². The Morgan fingerprint density at radius 1 is 0.964 bits per heavy atom. The molecule has 0 fully saturated rings. The monoisotopic (exact) mass is 433 g/mol. The average Bonchev–Trinajstić information content (AvgIpc) is 2.59.